The van der Waals surface area contributed by atoms with Crippen LogP contribution in [0.3, 0.4) is 0 Å². The molecule has 0 spiro atoms. The van der Waals surface area contributed by atoms with E-state index in [1.54, 1.807) is 44.2 Å². The van der Waals surface area contributed by atoms with Crippen molar-refractivity contribution in [2.45, 2.75) is 33.1 Å². The van der Waals surface area contributed by atoms with Crippen molar-refractivity contribution in [2.24, 2.45) is 0 Å². The Balaban J connectivity index is 1.43. The number of aryl methyl sites for hydroxylation is 2. The molecular formula is C22H23N3O6S. The number of rotatable bonds is 9. The van der Waals surface area contributed by atoms with Gasteiger partial charge in [-0.15, -0.1) is 11.3 Å². The van der Waals surface area contributed by atoms with E-state index < -0.39 is 24.5 Å². The van der Waals surface area contributed by atoms with Gasteiger partial charge in [0, 0.05) is 12.8 Å². The van der Waals surface area contributed by atoms with Crippen molar-refractivity contribution >= 4 is 45.1 Å². The third kappa shape index (κ3) is 6.01. The Labute approximate surface area is 187 Å². The van der Waals surface area contributed by atoms with Gasteiger partial charge in [0.1, 0.15) is 10.7 Å². The average molecular weight is 458 g/mol. The third-order valence-corrected chi connectivity index (χ3v) is 5.59. The number of carbonyl (C=O) groups excluding carboxylic acids is 3. The largest absolute Gasteiger partial charge is 0.462 e. The van der Waals surface area contributed by atoms with Gasteiger partial charge in [0.2, 0.25) is 0 Å². The number of aromatic nitrogens is 2. The molecule has 0 atom stereocenters. The van der Waals surface area contributed by atoms with Crippen LogP contribution in [-0.2, 0) is 25.5 Å². The average Bonchev–Trinajstić information content (AvgIpc) is 3.12. The van der Waals surface area contributed by atoms with Crippen molar-refractivity contribution in [3.63, 3.8) is 0 Å². The van der Waals surface area contributed by atoms with Crippen LogP contribution in [-0.4, -0.2) is 41.0 Å². The Bertz CT molecular complexity index is 1200. The number of anilines is 1. The van der Waals surface area contributed by atoms with E-state index >= 15 is 0 Å². The van der Waals surface area contributed by atoms with Crippen LogP contribution in [0.4, 0.5) is 5.00 Å². The minimum atomic E-state index is -0.530. The zero-order valence-electron chi connectivity index (χ0n) is 17.7. The van der Waals surface area contributed by atoms with Gasteiger partial charge in [-0.25, -0.2) is 9.78 Å². The smallest absolute Gasteiger partial charge is 0.348 e. The fourth-order valence-electron chi connectivity index (χ4n) is 2.99. The summed E-state index contributed by atoms with van der Waals surface area (Å²) in [5.74, 6) is -0.984. The molecule has 0 saturated carbocycles. The van der Waals surface area contributed by atoms with Crippen molar-refractivity contribution in [3.05, 3.63) is 57.0 Å². The molecule has 32 heavy (non-hydrogen) atoms. The van der Waals surface area contributed by atoms with E-state index in [1.807, 2.05) is 0 Å². The summed E-state index contributed by atoms with van der Waals surface area (Å²) in [5, 5.41) is 3.59. The number of hydrogen-bond donors (Lipinski definition) is 2. The minimum absolute atomic E-state index is 0.0783. The highest BCUT2D eigenvalue weighted by molar-refractivity contribution is 7.18. The lowest BCUT2D eigenvalue weighted by molar-refractivity contribution is -0.147. The summed E-state index contributed by atoms with van der Waals surface area (Å²) in [6.45, 7) is 3.29. The molecule has 0 aliphatic rings. The third-order valence-electron chi connectivity index (χ3n) is 4.46. The summed E-state index contributed by atoms with van der Waals surface area (Å²) in [6.07, 6.45) is 0.885. The Kier molecular flexibility index (Phi) is 7.72. The molecule has 1 aromatic carbocycles. The molecule has 9 nitrogen and oxygen atoms in total. The summed E-state index contributed by atoms with van der Waals surface area (Å²) < 4.78 is 9.97. The van der Waals surface area contributed by atoms with Crippen LogP contribution in [0.5, 0.6) is 0 Å². The number of benzene rings is 1. The Morgan fingerprint density at radius 3 is 2.75 bits per heavy atom. The maximum absolute atomic E-state index is 12.1. The molecule has 0 aliphatic carbocycles. The molecule has 2 N–H and O–H groups in total. The normalized spacial score (nSPS) is 10.7. The van der Waals surface area contributed by atoms with Gasteiger partial charge in [-0.1, -0.05) is 12.1 Å². The molecule has 0 bridgehead atoms. The lowest BCUT2D eigenvalue weighted by atomic mass is 10.2. The van der Waals surface area contributed by atoms with Gasteiger partial charge in [-0.2, -0.15) is 0 Å². The van der Waals surface area contributed by atoms with E-state index in [2.05, 4.69) is 15.3 Å². The number of ether oxygens (including phenoxy) is 2. The number of para-hydroxylation sites is 1. The first-order valence-corrected chi connectivity index (χ1v) is 10.9. The van der Waals surface area contributed by atoms with Crippen LogP contribution in [0.25, 0.3) is 10.9 Å². The summed E-state index contributed by atoms with van der Waals surface area (Å²) in [5.41, 5.74) is 1.07. The number of H-pyrrole nitrogens is 1. The van der Waals surface area contributed by atoms with E-state index in [0.717, 1.165) is 11.3 Å². The van der Waals surface area contributed by atoms with Gasteiger partial charge in [0.15, 0.2) is 6.61 Å². The molecule has 0 aliphatic heterocycles. The quantitative estimate of drug-likeness (QED) is 0.473. The molecule has 1 amide bonds. The highest BCUT2D eigenvalue weighted by atomic mass is 32.1. The van der Waals surface area contributed by atoms with Gasteiger partial charge in [-0.05, 0) is 44.0 Å². The molecular weight excluding hydrogens is 434 g/mol. The van der Waals surface area contributed by atoms with Crippen LogP contribution >= 0.6 is 11.3 Å². The summed E-state index contributed by atoms with van der Waals surface area (Å²) in [6, 6.07) is 8.68. The second kappa shape index (κ2) is 10.7. The van der Waals surface area contributed by atoms with Gasteiger partial charge < -0.3 is 19.8 Å². The molecule has 10 heteroatoms. The predicted octanol–water partition coefficient (Wildman–Crippen LogP) is 2.97. The molecule has 0 unspecified atom stereocenters. The zero-order chi connectivity index (χ0) is 23.1. The highest BCUT2D eigenvalue weighted by Gasteiger charge is 2.16. The maximum atomic E-state index is 12.1. The summed E-state index contributed by atoms with van der Waals surface area (Å²) in [4.78, 5) is 55.4. The number of esters is 2. The first-order valence-electron chi connectivity index (χ1n) is 10.1. The van der Waals surface area contributed by atoms with E-state index in [-0.39, 0.29) is 18.6 Å². The molecule has 2 heterocycles. The molecule has 3 rings (SSSR count). The SMILES string of the molecule is CCOC(=O)c1sc(NC(=O)COC(=O)CCCc2nc3ccccc3c(=O)[nH]2)cc1C. The predicted molar refractivity (Wildman–Crippen MR) is 120 cm³/mol. The number of amides is 1. The van der Waals surface area contributed by atoms with E-state index in [9.17, 15) is 19.2 Å². The molecule has 2 aromatic heterocycles. The van der Waals surface area contributed by atoms with Crippen molar-refractivity contribution in [1.82, 2.24) is 9.97 Å². The first-order chi connectivity index (χ1) is 15.4. The fourth-order valence-corrected chi connectivity index (χ4v) is 3.97. The molecule has 168 valence electrons. The van der Waals surface area contributed by atoms with E-state index in [0.29, 0.717) is 45.0 Å². The second-order valence-corrected chi connectivity index (χ2v) is 7.99. The van der Waals surface area contributed by atoms with Crippen LogP contribution < -0.4 is 10.9 Å². The maximum Gasteiger partial charge on any atom is 0.348 e. The summed E-state index contributed by atoms with van der Waals surface area (Å²) >= 11 is 1.10. The number of nitrogens with one attached hydrogen (secondary N) is 2. The number of thiophene rings is 1. The summed E-state index contributed by atoms with van der Waals surface area (Å²) in [7, 11) is 0. The van der Waals surface area contributed by atoms with Crippen molar-refractivity contribution < 1.29 is 23.9 Å². The number of fused-ring (bicyclic) bond motifs is 1. The van der Waals surface area contributed by atoms with E-state index in [4.69, 9.17) is 9.47 Å². The Hall–Kier alpha value is -3.53. The lowest BCUT2D eigenvalue weighted by Gasteiger charge is -2.06. The van der Waals surface area contributed by atoms with Gasteiger partial charge in [0.05, 0.1) is 22.5 Å². The van der Waals surface area contributed by atoms with E-state index in [1.165, 1.54) is 0 Å². The fraction of sp³-hybridized carbons (Fsp3) is 0.318. The Morgan fingerprint density at radius 2 is 1.97 bits per heavy atom. The number of nitrogens with zero attached hydrogens (tertiary/aromatic N) is 1. The lowest BCUT2D eigenvalue weighted by Crippen LogP contribution is -2.20. The molecule has 0 saturated heterocycles. The van der Waals surface area contributed by atoms with Crippen molar-refractivity contribution in [1.29, 1.82) is 0 Å². The second-order valence-electron chi connectivity index (χ2n) is 6.94. The number of carbonyl (C=O) groups is 3. The molecule has 3 aromatic rings. The monoisotopic (exact) mass is 457 g/mol. The highest BCUT2D eigenvalue weighted by Crippen LogP contribution is 2.27. The van der Waals surface area contributed by atoms with Crippen LogP contribution in [0.15, 0.2) is 35.1 Å². The number of hydrogen-bond acceptors (Lipinski definition) is 8. The van der Waals surface area contributed by atoms with Crippen LogP contribution in [0, 0.1) is 6.92 Å². The molecule has 0 fully saturated rings. The first kappa shape index (κ1) is 23.1. The van der Waals surface area contributed by atoms with Crippen LogP contribution in [0.2, 0.25) is 0 Å². The van der Waals surface area contributed by atoms with Crippen molar-refractivity contribution in [2.75, 3.05) is 18.5 Å². The topological polar surface area (TPSA) is 127 Å². The minimum Gasteiger partial charge on any atom is -0.462 e. The Morgan fingerprint density at radius 1 is 1.19 bits per heavy atom. The van der Waals surface area contributed by atoms with Crippen molar-refractivity contribution in [3.8, 4) is 0 Å². The zero-order valence-corrected chi connectivity index (χ0v) is 18.5. The van der Waals surface area contributed by atoms with Gasteiger partial charge in [0.25, 0.3) is 11.5 Å². The standard InChI is InChI=1S/C22H23N3O6S/c1-3-30-22(29)20-13(2)11-18(32-20)25-17(26)12-31-19(27)10-6-9-16-23-15-8-5-4-7-14(15)21(28)24-16/h4-5,7-8,11H,3,6,9-10,12H2,1-2H3,(H,25,26)(H,23,24,28). The van der Waals surface area contributed by atoms with Gasteiger partial charge >= 0.3 is 11.9 Å². The van der Waals surface area contributed by atoms with Gasteiger partial charge in [-0.3, -0.25) is 14.4 Å². The van der Waals surface area contributed by atoms with Crippen LogP contribution in [0.1, 0.15) is 40.8 Å². The number of aromatic amines is 1. The molecule has 0 radical (unpaired) electrons.